The van der Waals surface area contributed by atoms with E-state index >= 15 is 0 Å². The monoisotopic (exact) mass is 556 g/mol. The second kappa shape index (κ2) is 17.2. The van der Waals surface area contributed by atoms with Crippen LogP contribution >= 0.6 is 0 Å². The molecular formula is C14H22F6N2O10S2. The Morgan fingerprint density at radius 3 is 0.971 bits per heavy atom. The Morgan fingerprint density at radius 2 is 0.824 bits per heavy atom. The SMILES string of the molecule is N[C@@H](CCS(=O)CCS(=O)CC[C@H](N)C(=O)O)C(=O)O.O=C(O)C(F)(F)F.O=C(O)C(F)(F)F. The van der Waals surface area contributed by atoms with Crippen LogP contribution in [0.15, 0.2) is 0 Å². The first-order valence-electron chi connectivity index (χ1n) is 8.39. The number of aliphatic carboxylic acids is 4. The molecule has 202 valence electrons. The summed E-state index contributed by atoms with van der Waals surface area (Å²) in [5.41, 5.74) is 10.5. The van der Waals surface area contributed by atoms with Crippen LogP contribution in [0.2, 0.25) is 0 Å². The molecule has 4 atom stereocenters. The lowest BCUT2D eigenvalue weighted by Crippen LogP contribution is -2.32. The smallest absolute Gasteiger partial charge is 0.480 e. The fourth-order valence-electron chi connectivity index (χ4n) is 1.15. The maximum absolute atomic E-state index is 11.5. The topological polar surface area (TPSA) is 235 Å². The van der Waals surface area contributed by atoms with Crippen LogP contribution in [0.4, 0.5) is 26.3 Å². The fourth-order valence-corrected chi connectivity index (χ4v) is 4.08. The lowest BCUT2D eigenvalue weighted by molar-refractivity contribution is -0.193. The van der Waals surface area contributed by atoms with Gasteiger partial charge >= 0.3 is 36.2 Å². The van der Waals surface area contributed by atoms with Gasteiger partial charge in [0, 0.05) is 44.6 Å². The van der Waals surface area contributed by atoms with Crippen LogP contribution in [0.5, 0.6) is 0 Å². The highest BCUT2D eigenvalue weighted by atomic mass is 32.2. The van der Waals surface area contributed by atoms with Gasteiger partial charge < -0.3 is 31.9 Å². The number of carbonyl (C=O) groups is 4. The van der Waals surface area contributed by atoms with Crippen molar-refractivity contribution >= 4 is 45.5 Å². The molecule has 0 aromatic carbocycles. The molecule has 0 aliphatic carbocycles. The van der Waals surface area contributed by atoms with E-state index < -0.39 is 69.9 Å². The molecule has 0 aliphatic heterocycles. The van der Waals surface area contributed by atoms with E-state index in [9.17, 15) is 44.3 Å². The maximum atomic E-state index is 11.5. The Morgan fingerprint density at radius 1 is 0.618 bits per heavy atom. The van der Waals surface area contributed by atoms with Gasteiger partial charge in [-0.3, -0.25) is 18.0 Å². The highest BCUT2D eigenvalue weighted by molar-refractivity contribution is 7.88. The molecule has 0 bridgehead atoms. The molecule has 20 heteroatoms. The van der Waals surface area contributed by atoms with Gasteiger partial charge in [0.05, 0.1) is 0 Å². The fraction of sp³-hybridized carbons (Fsp3) is 0.714. The Kier molecular flexibility index (Phi) is 18.3. The molecule has 0 saturated carbocycles. The Balaban J connectivity index is -0.000000558. The first kappa shape index (κ1) is 36.3. The summed E-state index contributed by atoms with van der Waals surface area (Å²) in [5, 5.41) is 31.3. The molecule has 0 fully saturated rings. The van der Waals surface area contributed by atoms with Gasteiger partial charge in [0.1, 0.15) is 12.1 Å². The van der Waals surface area contributed by atoms with E-state index in [1.54, 1.807) is 0 Å². The summed E-state index contributed by atoms with van der Waals surface area (Å²) >= 11 is 0. The molecule has 0 aliphatic rings. The van der Waals surface area contributed by atoms with Crippen molar-refractivity contribution in [3.63, 3.8) is 0 Å². The highest BCUT2D eigenvalue weighted by Gasteiger charge is 2.38. The molecule has 0 spiro atoms. The van der Waals surface area contributed by atoms with Gasteiger partial charge in [0.2, 0.25) is 0 Å². The first-order valence-corrected chi connectivity index (χ1v) is 11.4. The van der Waals surface area contributed by atoms with Crippen LogP contribution in [0.3, 0.4) is 0 Å². The van der Waals surface area contributed by atoms with Gasteiger partial charge in [0.15, 0.2) is 0 Å². The second-order valence-corrected chi connectivity index (χ2v) is 9.16. The number of hydrogen-bond acceptors (Lipinski definition) is 8. The van der Waals surface area contributed by atoms with Crippen molar-refractivity contribution in [2.75, 3.05) is 23.0 Å². The van der Waals surface area contributed by atoms with E-state index in [1.807, 2.05) is 0 Å². The molecule has 34 heavy (non-hydrogen) atoms. The molecule has 0 rings (SSSR count). The average molecular weight is 556 g/mol. The summed E-state index contributed by atoms with van der Waals surface area (Å²) in [5.74, 6) is -7.19. The normalized spacial score (nSPS) is 14.7. The van der Waals surface area contributed by atoms with Crippen LogP contribution < -0.4 is 11.5 Å². The second-order valence-electron chi connectivity index (χ2n) is 5.77. The van der Waals surface area contributed by atoms with Crippen molar-refractivity contribution in [2.45, 2.75) is 37.3 Å². The van der Waals surface area contributed by atoms with Gasteiger partial charge in [-0.2, -0.15) is 26.3 Å². The van der Waals surface area contributed by atoms with Crippen molar-refractivity contribution < 1.29 is 74.4 Å². The zero-order chi connectivity index (χ0) is 27.9. The van der Waals surface area contributed by atoms with Gasteiger partial charge in [-0.1, -0.05) is 0 Å². The minimum atomic E-state index is -5.08. The number of nitrogens with two attached hydrogens (primary N) is 2. The summed E-state index contributed by atoms with van der Waals surface area (Å²) in [6.07, 6.45) is -9.98. The van der Waals surface area contributed by atoms with E-state index in [0.717, 1.165) is 0 Å². The molecule has 2 unspecified atom stereocenters. The van der Waals surface area contributed by atoms with Crippen molar-refractivity contribution in [2.24, 2.45) is 11.5 Å². The summed E-state index contributed by atoms with van der Waals surface area (Å²) in [6, 6.07) is -2.09. The van der Waals surface area contributed by atoms with Crippen LogP contribution in [0.1, 0.15) is 12.8 Å². The lowest BCUT2D eigenvalue weighted by Gasteiger charge is -2.07. The van der Waals surface area contributed by atoms with E-state index in [4.69, 9.17) is 41.5 Å². The standard InChI is InChI=1S/C10H20N2O6S2.2C2HF3O2/c11-7(9(13)14)1-3-19(17)5-6-20(18)4-2-8(12)10(15)16;2*3-2(4,5)1(6)7/h7-8H,1-6,11-12H2,(H,13,14)(H,15,16);2*(H,6,7)/t7-,8-,19?,20?;;/m0../s1. The molecule has 8 N–H and O–H groups in total. The largest absolute Gasteiger partial charge is 0.490 e. The van der Waals surface area contributed by atoms with E-state index in [-0.39, 0.29) is 35.9 Å². The van der Waals surface area contributed by atoms with Crippen LogP contribution in [-0.2, 0) is 40.8 Å². The van der Waals surface area contributed by atoms with Crippen molar-refractivity contribution in [3.8, 4) is 0 Å². The third-order valence-electron chi connectivity index (χ3n) is 2.97. The van der Waals surface area contributed by atoms with E-state index in [1.165, 1.54) is 0 Å². The Bertz CT molecular complexity index is 673. The van der Waals surface area contributed by atoms with Gasteiger partial charge in [-0.05, 0) is 12.8 Å². The summed E-state index contributed by atoms with van der Waals surface area (Å²) in [7, 11) is -2.57. The summed E-state index contributed by atoms with van der Waals surface area (Å²) < 4.78 is 86.5. The van der Waals surface area contributed by atoms with Gasteiger partial charge in [-0.25, -0.2) is 9.59 Å². The molecule has 0 saturated heterocycles. The van der Waals surface area contributed by atoms with Crippen molar-refractivity contribution in [1.29, 1.82) is 0 Å². The molecule has 0 radical (unpaired) electrons. The number of carboxylic acids is 4. The third-order valence-corrected chi connectivity index (χ3v) is 5.93. The summed E-state index contributed by atoms with van der Waals surface area (Å²) in [4.78, 5) is 38.7. The predicted octanol–water partition coefficient (Wildman–Crippen LogP) is -0.646. The summed E-state index contributed by atoms with van der Waals surface area (Å²) in [6.45, 7) is 0. The molecule has 0 aromatic heterocycles. The third kappa shape index (κ3) is 22.9. The number of rotatable bonds is 11. The minimum Gasteiger partial charge on any atom is -0.480 e. The van der Waals surface area contributed by atoms with Crippen LogP contribution in [0, 0.1) is 0 Å². The number of carboxylic acid groups (broad SMARTS) is 4. The minimum absolute atomic E-state index is 0.0957. The molecule has 0 aromatic rings. The molecule has 0 heterocycles. The first-order chi connectivity index (χ1) is 15.1. The Labute approximate surface area is 192 Å². The van der Waals surface area contributed by atoms with Gasteiger partial charge in [0.25, 0.3) is 0 Å². The number of hydrogen-bond donors (Lipinski definition) is 6. The van der Waals surface area contributed by atoms with Crippen molar-refractivity contribution in [3.05, 3.63) is 0 Å². The molecular weight excluding hydrogens is 534 g/mol. The molecule has 12 nitrogen and oxygen atoms in total. The maximum Gasteiger partial charge on any atom is 0.490 e. The Hall–Kier alpha value is -2.32. The number of halogens is 6. The van der Waals surface area contributed by atoms with Gasteiger partial charge in [-0.15, -0.1) is 0 Å². The van der Waals surface area contributed by atoms with E-state index in [0.29, 0.717) is 0 Å². The molecule has 0 amide bonds. The predicted molar refractivity (Wildman–Crippen MR) is 104 cm³/mol. The number of alkyl halides is 6. The van der Waals surface area contributed by atoms with Crippen LogP contribution in [0.25, 0.3) is 0 Å². The van der Waals surface area contributed by atoms with Crippen LogP contribution in [-0.4, -0.2) is 100 Å². The van der Waals surface area contributed by atoms with Crippen molar-refractivity contribution in [1.82, 2.24) is 0 Å². The van der Waals surface area contributed by atoms with E-state index in [2.05, 4.69) is 0 Å². The lowest BCUT2D eigenvalue weighted by atomic mass is 10.2. The zero-order valence-corrected chi connectivity index (χ0v) is 18.5. The highest BCUT2D eigenvalue weighted by Crippen LogP contribution is 2.13. The zero-order valence-electron chi connectivity index (χ0n) is 16.9. The quantitative estimate of drug-likeness (QED) is 0.174. The average Bonchev–Trinajstić information content (AvgIpc) is 2.67.